The highest BCUT2D eigenvalue weighted by Crippen LogP contribution is 2.40. The van der Waals surface area contributed by atoms with E-state index in [1.807, 2.05) is 4.90 Å². The van der Waals surface area contributed by atoms with Crippen LogP contribution in [-0.2, 0) is 22.1 Å². The largest absolute Gasteiger partial charge is 0.450 e. The number of nitrogens with zero attached hydrogens (tertiary/aromatic N) is 6. The highest BCUT2D eigenvalue weighted by Gasteiger charge is 2.44. The van der Waals surface area contributed by atoms with Gasteiger partial charge in [-0.2, -0.15) is 13.2 Å². The molecule has 0 bridgehead atoms. The number of aromatic nitrogens is 2. The highest BCUT2D eigenvalue weighted by molar-refractivity contribution is 5.83. The summed E-state index contributed by atoms with van der Waals surface area (Å²) in [5.74, 6) is -0.0938. The van der Waals surface area contributed by atoms with Crippen molar-refractivity contribution in [1.82, 2.24) is 19.8 Å². The summed E-state index contributed by atoms with van der Waals surface area (Å²) in [5, 5.41) is 0. The molecule has 37 heavy (non-hydrogen) atoms. The van der Waals surface area contributed by atoms with Crippen molar-refractivity contribution in [2.75, 3.05) is 62.2 Å². The van der Waals surface area contributed by atoms with Crippen LogP contribution in [0.1, 0.15) is 18.1 Å². The number of carbonyl (C=O) groups excluding carboxylic acids is 2. The number of anilines is 2. The molecule has 2 saturated heterocycles. The van der Waals surface area contributed by atoms with Crippen molar-refractivity contribution < 1.29 is 27.5 Å². The van der Waals surface area contributed by atoms with Crippen molar-refractivity contribution in [3.05, 3.63) is 47.8 Å². The second-order valence-corrected chi connectivity index (χ2v) is 9.42. The standard InChI is InChI=1S/C25H29F3N6O3/c1-2-37-24(36)32-10-8-31(9-11-32)22(35)19-15-17-14-18(25(26,27)28)4-5-20(17)34-13-12-33(16-21(19)34)23-29-6-3-7-30-23/h3-7,14,19,21H,2,8-13,15-16H2,1H3/t19-,21+/m0/s1. The zero-order valence-corrected chi connectivity index (χ0v) is 20.5. The van der Waals surface area contributed by atoms with Gasteiger partial charge in [-0.25, -0.2) is 14.8 Å². The maximum absolute atomic E-state index is 13.8. The minimum Gasteiger partial charge on any atom is -0.450 e. The first-order valence-electron chi connectivity index (χ1n) is 12.5. The topological polar surface area (TPSA) is 82.1 Å². The Hall–Kier alpha value is -3.57. The lowest BCUT2D eigenvalue weighted by molar-refractivity contribution is -0.138. The van der Waals surface area contributed by atoms with E-state index in [4.69, 9.17) is 4.74 Å². The van der Waals surface area contributed by atoms with Gasteiger partial charge in [-0.1, -0.05) is 0 Å². The monoisotopic (exact) mass is 518 g/mol. The molecule has 0 saturated carbocycles. The molecule has 9 nitrogen and oxygen atoms in total. The molecule has 3 aliphatic heterocycles. The highest BCUT2D eigenvalue weighted by atomic mass is 19.4. The summed E-state index contributed by atoms with van der Waals surface area (Å²) >= 11 is 0. The molecule has 0 N–H and O–H groups in total. The number of ether oxygens (including phenoxy) is 1. The maximum atomic E-state index is 13.8. The predicted octanol–water partition coefficient (Wildman–Crippen LogP) is 2.66. The second kappa shape index (κ2) is 10.1. The van der Waals surface area contributed by atoms with Crippen LogP contribution in [0.4, 0.5) is 29.6 Å². The van der Waals surface area contributed by atoms with Crippen molar-refractivity contribution in [2.45, 2.75) is 25.6 Å². The summed E-state index contributed by atoms with van der Waals surface area (Å²) in [7, 11) is 0. The van der Waals surface area contributed by atoms with E-state index in [1.165, 1.54) is 12.1 Å². The van der Waals surface area contributed by atoms with Gasteiger partial charge in [-0.05, 0) is 43.2 Å². The van der Waals surface area contributed by atoms with Crippen LogP contribution in [0, 0.1) is 5.92 Å². The number of hydrogen-bond donors (Lipinski definition) is 0. The molecule has 2 amide bonds. The quantitative estimate of drug-likeness (QED) is 0.618. The van der Waals surface area contributed by atoms with Crippen molar-refractivity contribution in [3.63, 3.8) is 0 Å². The second-order valence-electron chi connectivity index (χ2n) is 9.42. The Labute approximate surface area is 212 Å². The van der Waals surface area contributed by atoms with E-state index >= 15 is 0 Å². The van der Waals surface area contributed by atoms with Crippen LogP contribution in [-0.4, -0.2) is 90.2 Å². The van der Waals surface area contributed by atoms with E-state index in [1.54, 1.807) is 35.2 Å². The maximum Gasteiger partial charge on any atom is 0.416 e. The van der Waals surface area contributed by atoms with Crippen molar-refractivity contribution in [3.8, 4) is 0 Å². The Morgan fingerprint density at radius 3 is 2.41 bits per heavy atom. The van der Waals surface area contributed by atoms with E-state index in [-0.39, 0.29) is 25.0 Å². The number of fused-ring (bicyclic) bond motifs is 3. The number of hydrogen-bond acceptors (Lipinski definition) is 7. The van der Waals surface area contributed by atoms with Crippen LogP contribution in [0.2, 0.25) is 0 Å². The van der Waals surface area contributed by atoms with Crippen LogP contribution in [0.5, 0.6) is 0 Å². The molecule has 0 radical (unpaired) electrons. The molecule has 0 spiro atoms. The van der Waals surface area contributed by atoms with E-state index in [0.29, 0.717) is 57.3 Å². The first kappa shape index (κ1) is 25.1. The van der Waals surface area contributed by atoms with Crippen LogP contribution >= 0.6 is 0 Å². The van der Waals surface area contributed by atoms with E-state index in [2.05, 4.69) is 14.9 Å². The fourth-order valence-electron chi connectivity index (χ4n) is 5.48. The van der Waals surface area contributed by atoms with E-state index in [0.717, 1.165) is 11.8 Å². The average Bonchev–Trinajstić information content (AvgIpc) is 2.91. The normalized spacial score (nSPS) is 21.8. The zero-order valence-electron chi connectivity index (χ0n) is 20.5. The van der Waals surface area contributed by atoms with Gasteiger partial charge in [0.25, 0.3) is 0 Å². The third-order valence-electron chi connectivity index (χ3n) is 7.31. The number of benzene rings is 1. The number of alkyl halides is 3. The van der Waals surface area contributed by atoms with Gasteiger partial charge in [-0.15, -0.1) is 0 Å². The summed E-state index contributed by atoms with van der Waals surface area (Å²) in [5.41, 5.74) is 0.553. The number of piperazine rings is 2. The first-order valence-corrected chi connectivity index (χ1v) is 12.5. The van der Waals surface area contributed by atoms with Crippen LogP contribution in [0.15, 0.2) is 36.7 Å². The summed E-state index contributed by atoms with van der Waals surface area (Å²) in [6.45, 7) is 5.01. The molecule has 2 aromatic rings. The fourth-order valence-corrected chi connectivity index (χ4v) is 5.48. The first-order chi connectivity index (χ1) is 17.8. The van der Waals surface area contributed by atoms with Gasteiger partial charge in [0.15, 0.2) is 0 Å². The van der Waals surface area contributed by atoms with Crippen molar-refractivity contribution in [2.24, 2.45) is 5.92 Å². The Balaban J connectivity index is 1.41. The van der Waals surface area contributed by atoms with Crippen molar-refractivity contribution >= 4 is 23.6 Å². The number of rotatable bonds is 3. The number of carbonyl (C=O) groups is 2. The summed E-state index contributed by atoms with van der Waals surface area (Å²) in [6.07, 6.45) is -1.33. The predicted molar refractivity (Wildman–Crippen MR) is 129 cm³/mol. The fraction of sp³-hybridized carbons (Fsp3) is 0.520. The van der Waals surface area contributed by atoms with E-state index in [9.17, 15) is 22.8 Å². The molecule has 3 aliphatic rings. The molecule has 0 unspecified atom stereocenters. The number of halogens is 3. The van der Waals surface area contributed by atoms with Gasteiger partial charge in [0.1, 0.15) is 0 Å². The van der Waals surface area contributed by atoms with Gasteiger partial charge in [0.2, 0.25) is 11.9 Å². The lowest BCUT2D eigenvalue weighted by Gasteiger charge is -2.50. The Morgan fingerprint density at radius 1 is 1.03 bits per heavy atom. The summed E-state index contributed by atoms with van der Waals surface area (Å²) < 4.78 is 45.5. The molecule has 2 atom stereocenters. The van der Waals surface area contributed by atoms with Crippen LogP contribution in [0.25, 0.3) is 0 Å². The molecule has 12 heteroatoms. The number of amides is 2. The molecule has 1 aromatic carbocycles. The minimum atomic E-state index is -4.46. The minimum absolute atomic E-state index is 0.114. The molecule has 5 rings (SSSR count). The summed E-state index contributed by atoms with van der Waals surface area (Å²) in [6, 6.07) is 5.30. The van der Waals surface area contributed by atoms with Gasteiger partial charge in [-0.3, -0.25) is 4.79 Å². The van der Waals surface area contributed by atoms with Gasteiger partial charge in [0.05, 0.1) is 24.1 Å². The van der Waals surface area contributed by atoms with Gasteiger partial charge in [0, 0.05) is 63.9 Å². The SMILES string of the molecule is CCOC(=O)N1CCN(C(=O)[C@H]2Cc3cc(C(F)(F)F)ccc3N3CCN(c4ncccn4)C[C@H]23)CC1. The molecular formula is C25H29F3N6O3. The van der Waals surface area contributed by atoms with Crippen LogP contribution < -0.4 is 9.80 Å². The third kappa shape index (κ3) is 5.01. The third-order valence-corrected chi connectivity index (χ3v) is 7.31. The summed E-state index contributed by atoms with van der Waals surface area (Å²) in [4.78, 5) is 42.0. The molecule has 4 heterocycles. The van der Waals surface area contributed by atoms with E-state index < -0.39 is 23.8 Å². The van der Waals surface area contributed by atoms with Gasteiger partial charge < -0.3 is 24.3 Å². The Morgan fingerprint density at radius 2 is 1.73 bits per heavy atom. The molecule has 198 valence electrons. The van der Waals surface area contributed by atoms with Crippen LogP contribution in [0.3, 0.4) is 0 Å². The molecule has 1 aromatic heterocycles. The van der Waals surface area contributed by atoms with Crippen molar-refractivity contribution in [1.29, 1.82) is 0 Å². The Kier molecular flexibility index (Phi) is 6.82. The molecule has 2 fully saturated rings. The lowest BCUT2D eigenvalue weighted by atomic mass is 9.82. The molecular weight excluding hydrogens is 489 g/mol. The smallest absolute Gasteiger partial charge is 0.416 e. The lowest BCUT2D eigenvalue weighted by Crippen LogP contribution is -2.63. The molecule has 0 aliphatic carbocycles. The zero-order chi connectivity index (χ0) is 26.2. The average molecular weight is 519 g/mol. The Bertz CT molecular complexity index is 1140. The van der Waals surface area contributed by atoms with Gasteiger partial charge >= 0.3 is 12.3 Å².